The van der Waals surface area contributed by atoms with Crippen molar-refractivity contribution in [2.24, 2.45) is 23.7 Å². The number of fused-ring (bicyclic) bond motifs is 2. The van der Waals surface area contributed by atoms with E-state index in [1.165, 1.54) is 13.8 Å². The smallest absolute Gasteiger partial charge is 0.303 e. The lowest BCUT2D eigenvalue weighted by Crippen LogP contribution is -2.60. The van der Waals surface area contributed by atoms with Crippen LogP contribution >= 0.6 is 0 Å². The Balaban J connectivity index is 0.000000222. The molecule has 6 aliphatic heterocycles. The van der Waals surface area contributed by atoms with Crippen LogP contribution in [0.5, 0.6) is 0 Å². The molecule has 17 nitrogen and oxygen atoms in total. The molecule has 2 N–H and O–H groups in total. The van der Waals surface area contributed by atoms with Crippen molar-refractivity contribution >= 4 is 11.9 Å². The first-order valence-corrected chi connectivity index (χ1v) is 21.6. The number of aliphatic hydroxyl groups is 2. The van der Waals surface area contributed by atoms with Crippen LogP contribution in [0.15, 0.2) is 25.3 Å². The Morgan fingerprint density at radius 3 is 1.46 bits per heavy atom. The highest BCUT2D eigenvalue weighted by Crippen LogP contribution is 2.43. The van der Waals surface area contributed by atoms with Crippen molar-refractivity contribution in [2.75, 3.05) is 13.2 Å². The van der Waals surface area contributed by atoms with Crippen molar-refractivity contribution in [3.8, 4) is 0 Å². The summed E-state index contributed by atoms with van der Waals surface area (Å²) in [7, 11) is 0. The highest BCUT2D eigenvalue weighted by molar-refractivity contribution is 5.66. The van der Waals surface area contributed by atoms with Crippen LogP contribution in [0.3, 0.4) is 0 Å². The minimum Gasteiger partial charge on any atom is -0.457 e. The quantitative estimate of drug-likeness (QED) is 0.229. The zero-order valence-electron chi connectivity index (χ0n) is 38.5. The van der Waals surface area contributed by atoms with E-state index in [1.54, 1.807) is 26.0 Å². The first-order valence-electron chi connectivity index (χ1n) is 21.6. The average Bonchev–Trinajstić information content (AvgIpc) is 3.69. The lowest BCUT2D eigenvalue weighted by atomic mass is 9.90. The van der Waals surface area contributed by atoms with E-state index in [0.29, 0.717) is 13.2 Å². The lowest BCUT2D eigenvalue weighted by molar-refractivity contribution is -0.332. The number of aliphatic hydroxyl groups excluding tert-OH is 2. The molecule has 8 unspecified atom stereocenters. The maximum Gasteiger partial charge on any atom is 0.303 e. The molecule has 6 saturated heterocycles. The number of rotatable bonds is 10. The molecule has 0 aromatic rings. The third-order valence-electron chi connectivity index (χ3n) is 11.9. The lowest BCUT2D eigenvalue weighted by Gasteiger charge is -2.47. The molecule has 0 aliphatic carbocycles. The number of carbonyl (C=O) groups excluding carboxylic acids is 2. The largest absolute Gasteiger partial charge is 0.457 e. The highest BCUT2D eigenvalue weighted by Gasteiger charge is 2.56. The van der Waals surface area contributed by atoms with Gasteiger partial charge < -0.3 is 71.8 Å². The van der Waals surface area contributed by atoms with Crippen molar-refractivity contribution in [1.29, 1.82) is 0 Å². The molecule has 352 valence electrons. The van der Waals surface area contributed by atoms with E-state index in [4.69, 9.17) is 61.6 Å². The molecule has 20 atom stereocenters. The minimum absolute atomic E-state index is 0.00347. The predicted octanol–water partition coefficient (Wildman–Crippen LogP) is 4.53. The van der Waals surface area contributed by atoms with Gasteiger partial charge in [-0.3, -0.25) is 9.59 Å². The van der Waals surface area contributed by atoms with Crippen molar-refractivity contribution in [3.05, 3.63) is 25.3 Å². The number of hydrogen-bond acceptors (Lipinski definition) is 17. The van der Waals surface area contributed by atoms with Gasteiger partial charge in [-0.15, -0.1) is 13.2 Å². The average molecular weight is 875 g/mol. The van der Waals surface area contributed by atoms with Crippen LogP contribution in [0, 0.1) is 23.7 Å². The fraction of sp³-hybridized carbons (Fsp3) is 0.864. The zero-order chi connectivity index (χ0) is 45.7. The number of hydrogen-bond donors (Lipinski definition) is 2. The number of carbonyl (C=O) groups is 2. The summed E-state index contributed by atoms with van der Waals surface area (Å²) in [6.07, 6.45) is -3.70. The maximum atomic E-state index is 11.8. The Bertz CT molecular complexity index is 1440. The molecule has 0 saturated carbocycles. The molecule has 17 heteroatoms. The topological polar surface area (TPSA) is 195 Å². The first kappa shape index (κ1) is 51.5. The van der Waals surface area contributed by atoms with Gasteiger partial charge in [-0.2, -0.15) is 0 Å². The molecule has 6 fully saturated rings. The van der Waals surface area contributed by atoms with Crippen LogP contribution in [-0.4, -0.2) is 145 Å². The summed E-state index contributed by atoms with van der Waals surface area (Å²) in [6.45, 7) is 33.5. The monoisotopic (exact) mass is 874 g/mol. The van der Waals surface area contributed by atoms with Crippen LogP contribution in [-0.2, 0) is 71.2 Å². The Kier molecular flexibility index (Phi) is 18.3. The van der Waals surface area contributed by atoms with E-state index in [9.17, 15) is 19.8 Å². The summed E-state index contributed by atoms with van der Waals surface area (Å²) < 4.78 is 75.0. The van der Waals surface area contributed by atoms with Crippen LogP contribution in [0.25, 0.3) is 0 Å². The summed E-state index contributed by atoms with van der Waals surface area (Å²) in [5, 5.41) is 19.7. The maximum absolute atomic E-state index is 11.8. The Morgan fingerprint density at radius 2 is 0.951 bits per heavy atom. The van der Waals surface area contributed by atoms with Gasteiger partial charge in [-0.1, -0.05) is 39.8 Å². The zero-order valence-corrected chi connectivity index (χ0v) is 38.5. The Hall–Kier alpha value is -2.10. The van der Waals surface area contributed by atoms with E-state index in [1.807, 2.05) is 55.4 Å². The molecular weight excluding hydrogens is 800 g/mol. The molecule has 0 radical (unpaired) electrons. The Morgan fingerprint density at radius 1 is 0.541 bits per heavy atom. The van der Waals surface area contributed by atoms with Crippen molar-refractivity contribution in [1.82, 2.24) is 0 Å². The van der Waals surface area contributed by atoms with Gasteiger partial charge in [-0.25, -0.2) is 0 Å². The van der Waals surface area contributed by atoms with Gasteiger partial charge in [0.1, 0.15) is 24.4 Å². The van der Waals surface area contributed by atoms with Crippen LogP contribution in [0.4, 0.5) is 0 Å². The van der Waals surface area contributed by atoms with Crippen LogP contribution < -0.4 is 0 Å². The van der Waals surface area contributed by atoms with Gasteiger partial charge in [0, 0.05) is 37.5 Å². The van der Waals surface area contributed by atoms with E-state index < -0.39 is 85.3 Å². The number of esters is 2. The molecule has 6 aliphatic rings. The third kappa shape index (κ3) is 13.0. The van der Waals surface area contributed by atoms with Crippen LogP contribution in [0.2, 0.25) is 0 Å². The fourth-order valence-electron chi connectivity index (χ4n) is 8.42. The molecule has 0 aromatic carbocycles. The van der Waals surface area contributed by atoms with Gasteiger partial charge in [0.25, 0.3) is 0 Å². The van der Waals surface area contributed by atoms with Gasteiger partial charge in [0.05, 0.1) is 49.8 Å². The summed E-state index contributed by atoms with van der Waals surface area (Å²) >= 11 is 0. The summed E-state index contributed by atoms with van der Waals surface area (Å²) in [6, 6.07) is 0. The van der Waals surface area contributed by atoms with Gasteiger partial charge >= 0.3 is 11.9 Å². The van der Waals surface area contributed by atoms with Crippen molar-refractivity contribution in [3.63, 3.8) is 0 Å². The second kappa shape index (κ2) is 21.7. The molecule has 0 amide bonds. The standard InChI is InChI=1S/C22H36O8.C12H20O5.C10H18O4/c1-9-10-24-20-12(3)16(18(14(5)26-20)27-15(6)23)28-21-19-17(11(2)13(4)25-21)29-22(7,8)30-19;1-5-6-15-12-7(2)10(14)11(8(3)16-12)17-9(4)13;1-5-6(2)12-9(11)8-7(5)13-10(3,4)14-8/h9,11-14,16-21H,1,10H2,2-8H3;5,7-8,10-12,14H,1,6H2,2-4H3;5-9,11H,1-4H3/t11-,12+,13?,14?,16?,17?,18-,19-,20-,21-;7-,8?,10?,11+,12+;5-,6?,7?,8-,9+/m010/s1. The summed E-state index contributed by atoms with van der Waals surface area (Å²) in [5.74, 6) is -2.26. The molecule has 6 rings (SSSR count). The molecular formula is C44H74O17. The summed E-state index contributed by atoms with van der Waals surface area (Å²) in [5.41, 5.74) is 0. The second-order valence-electron chi connectivity index (χ2n) is 17.9. The molecule has 0 bridgehead atoms. The molecule has 0 spiro atoms. The van der Waals surface area contributed by atoms with Crippen LogP contribution in [0.1, 0.15) is 96.9 Å². The molecule has 6 heterocycles. The van der Waals surface area contributed by atoms with E-state index in [-0.39, 0.29) is 60.3 Å². The first-order chi connectivity index (χ1) is 28.4. The van der Waals surface area contributed by atoms with Crippen molar-refractivity contribution < 1.29 is 81.4 Å². The molecule has 0 aromatic heterocycles. The van der Waals surface area contributed by atoms with E-state index in [2.05, 4.69) is 27.0 Å². The predicted molar refractivity (Wildman–Crippen MR) is 218 cm³/mol. The summed E-state index contributed by atoms with van der Waals surface area (Å²) in [4.78, 5) is 22.7. The fourth-order valence-corrected chi connectivity index (χ4v) is 8.42. The Labute approximate surface area is 361 Å². The SMILES string of the molecule is C=CCO[C@H]1OC(C)[C@H](OC(C)=O)C(O)[C@H]1C.C=CCO[C@H]1OC(C)[C@H](OC(C)=O)C(O[C@@H]2OC(C)[C@H](C)C3OC(C)(C)O[C@@H]32)[C@H]1C.CC1O[C@@H](O)[C@H]2OC(C)(C)OC2[C@H]1C. The minimum atomic E-state index is -0.868. The van der Waals surface area contributed by atoms with E-state index in [0.717, 1.165) is 0 Å². The molecule has 61 heavy (non-hydrogen) atoms. The van der Waals surface area contributed by atoms with Gasteiger partial charge in [0.15, 0.2) is 48.9 Å². The second-order valence-corrected chi connectivity index (χ2v) is 17.9. The third-order valence-corrected chi connectivity index (χ3v) is 11.9. The van der Waals surface area contributed by atoms with Crippen molar-refractivity contribution in [2.45, 2.75) is 207 Å². The van der Waals surface area contributed by atoms with E-state index >= 15 is 0 Å². The van der Waals surface area contributed by atoms with Gasteiger partial charge in [-0.05, 0) is 55.4 Å². The van der Waals surface area contributed by atoms with Gasteiger partial charge in [0.2, 0.25) is 0 Å². The number of ether oxygens (including phenoxy) is 13. The highest BCUT2D eigenvalue weighted by atomic mass is 16.8. The normalized spacial score (nSPS) is 44.7.